The third-order valence-electron chi connectivity index (χ3n) is 3.86. The van der Waals surface area contributed by atoms with E-state index in [1.807, 2.05) is 29.2 Å². The number of likely N-dealkylation sites (N-methyl/N-ethyl adjacent to an activating group) is 1. The molecule has 0 saturated carbocycles. The minimum absolute atomic E-state index is 0.203. The fourth-order valence-electron chi connectivity index (χ4n) is 2.80. The number of carbonyl (C=O) groups is 1. The summed E-state index contributed by atoms with van der Waals surface area (Å²) in [6.45, 7) is 4.81. The zero-order valence-electron chi connectivity index (χ0n) is 12.4. The molecule has 110 valence electrons. The Morgan fingerprint density at radius 3 is 3.00 bits per heavy atom. The third-order valence-corrected chi connectivity index (χ3v) is 3.86. The van der Waals surface area contributed by atoms with Crippen molar-refractivity contribution in [2.45, 2.75) is 32.2 Å². The monoisotopic (exact) mass is 276 g/mol. The molecule has 1 atom stereocenters. The zero-order valence-corrected chi connectivity index (χ0v) is 12.4. The van der Waals surface area contributed by atoms with E-state index in [-0.39, 0.29) is 5.91 Å². The largest absolute Gasteiger partial charge is 0.497 e. The van der Waals surface area contributed by atoms with Crippen LogP contribution in [0.5, 0.6) is 5.75 Å². The van der Waals surface area contributed by atoms with Gasteiger partial charge in [-0.1, -0.05) is 12.1 Å². The first kappa shape index (κ1) is 14.9. The van der Waals surface area contributed by atoms with Crippen LogP contribution in [0.15, 0.2) is 24.3 Å². The molecule has 1 aliphatic heterocycles. The van der Waals surface area contributed by atoms with Crippen molar-refractivity contribution in [3.63, 3.8) is 0 Å². The first-order valence-electron chi connectivity index (χ1n) is 7.37. The lowest BCUT2D eigenvalue weighted by Crippen LogP contribution is -2.49. The van der Waals surface area contributed by atoms with Gasteiger partial charge >= 0.3 is 0 Å². The van der Waals surface area contributed by atoms with E-state index in [1.54, 1.807) is 7.11 Å². The van der Waals surface area contributed by atoms with E-state index in [9.17, 15) is 4.79 Å². The summed E-state index contributed by atoms with van der Waals surface area (Å²) in [5, 5.41) is 3.37. The van der Waals surface area contributed by atoms with Crippen molar-refractivity contribution in [2.75, 3.05) is 26.7 Å². The number of nitrogens with one attached hydrogen (secondary N) is 1. The van der Waals surface area contributed by atoms with Gasteiger partial charge in [-0.3, -0.25) is 4.79 Å². The Morgan fingerprint density at radius 1 is 1.50 bits per heavy atom. The van der Waals surface area contributed by atoms with Gasteiger partial charge in [0, 0.05) is 19.1 Å². The van der Waals surface area contributed by atoms with Crippen LogP contribution in [0.3, 0.4) is 0 Å². The number of hydrogen-bond donors (Lipinski definition) is 1. The Kier molecular flexibility index (Phi) is 5.41. The normalized spacial score (nSPS) is 18.6. The van der Waals surface area contributed by atoms with Crippen LogP contribution < -0.4 is 10.1 Å². The van der Waals surface area contributed by atoms with Gasteiger partial charge in [0.15, 0.2) is 0 Å². The highest BCUT2D eigenvalue weighted by molar-refractivity contribution is 5.79. The molecule has 1 unspecified atom stereocenters. The van der Waals surface area contributed by atoms with Crippen molar-refractivity contribution >= 4 is 5.91 Å². The molecule has 0 bridgehead atoms. The second-order valence-electron chi connectivity index (χ2n) is 5.21. The standard InChI is InChI=1S/C16H24N2O2/c1-3-18(14-7-5-9-17-12-14)16(19)11-13-6-4-8-15(10-13)20-2/h4,6,8,10,14,17H,3,5,7,9,11-12H2,1-2H3. The molecular formula is C16H24N2O2. The predicted molar refractivity (Wildman–Crippen MR) is 80.0 cm³/mol. The number of benzene rings is 1. The molecule has 0 spiro atoms. The second-order valence-corrected chi connectivity index (χ2v) is 5.21. The molecule has 4 nitrogen and oxygen atoms in total. The van der Waals surface area contributed by atoms with E-state index in [1.165, 1.54) is 0 Å². The van der Waals surface area contributed by atoms with E-state index in [4.69, 9.17) is 4.74 Å². The van der Waals surface area contributed by atoms with Crippen molar-refractivity contribution < 1.29 is 9.53 Å². The van der Waals surface area contributed by atoms with E-state index < -0.39 is 0 Å². The first-order chi connectivity index (χ1) is 9.74. The van der Waals surface area contributed by atoms with Gasteiger partial charge in [-0.2, -0.15) is 0 Å². The molecule has 1 amide bonds. The van der Waals surface area contributed by atoms with Crippen molar-refractivity contribution in [3.8, 4) is 5.75 Å². The number of carbonyl (C=O) groups excluding carboxylic acids is 1. The van der Waals surface area contributed by atoms with Gasteiger partial charge in [0.1, 0.15) is 5.75 Å². The van der Waals surface area contributed by atoms with E-state index >= 15 is 0 Å². The Morgan fingerprint density at radius 2 is 2.35 bits per heavy atom. The molecule has 1 fully saturated rings. The van der Waals surface area contributed by atoms with Crippen molar-refractivity contribution in [3.05, 3.63) is 29.8 Å². The molecule has 0 aliphatic carbocycles. The summed E-state index contributed by atoms with van der Waals surface area (Å²) < 4.78 is 5.20. The second kappa shape index (κ2) is 7.29. The molecule has 1 saturated heterocycles. The topological polar surface area (TPSA) is 41.6 Å². The van der Waals surface area contributed by atoms with E-state index in [0.717, 1.165) is 43.8 Å². The molecule has 1 aromatic carbocycles. The molecule has 1 aliphatic rings. The molecule has 4 heteroatoms. The molecule has 1 N–H and O–H groups in total. The summed E-state index contributed by atoms with van der Waals surface area (Å²) in [7, 11) is 1.65. The number of methoxy groups -OCH3 is 1. The maximum absolute atomic E-state index is 12.5. The van der Waals surface area contributed by atoms with Gasteiger partial charge in [-0.25, -0.2) is 0 Å². The molecular weight excluding hydrogens is 252 g/mol. The molecule has 2 rings (SSSR count). The van der Waals surface area contributed by atoms with Gasteiger partial charge in [-0.05, 0) is 44.0 Å². The Labute approximate surface area is 121 Å². The maximum Gasteiger partial charge on any atom is 0.227 e. The summed E-state index contributed by atoms with van der Waals surface area (Å²) >= 11 is 0. The zero-order chi connectivity index (χ0) is 14.4. The third kappa shape index (κ3) is 3.73. The van der Waals surface area contributed by atoms with E-state index in [2.05, 4.69) is 12.2 Å². The van der Waals surface area contributed by atoms with Gasteiger partial charge in [-0.15, -0.1) is 0 Å². The fourth-order valence-corrected chi connectivity index (χ4v) is 2.80. The Hall–Kier alpha value is -1.55. The lowest BCUT2D eigenvalue weighted by Gasteiger charge is -2.34. The van der Waals surface area contributed by atoms with Crippen LogP contribution in [0.2, 0.25) is 0 Å². The minimum Gasteiger partial charge on any atom is -0.497 e. The average molecular weight is 276 g/mol. The van der Waals surface area contributed by atoms with E-state index in [0.29, 0.717) is 12.5 Å². The highest BCUT2D eigenvalue weighted by atomic mass is 16.5. The Bertz CT molecular complexity index is 442. The van der Waals surface area contributed by atoms with Crippen molar-refractivity contribution in [1.82, 2.24) is 10.2 Å². The van der Waals surface area contributed by atoms with Crippen LogP contribution in [-0.2, 0) is 11.2 Å². The van der Waals surface area contributed by atoms with Crippen LogP contribution in [-0.4, -0.2) is 43.6 Å². The molecule has 20 heavy (non-hydrogen) atoms. The van der Waals surface area contributed by atoms with Crippen LogP contribution in [0.4, 0.5) is 0 Å². The number of rotatable bonds is 5. The van der Waals surface area contributed by atoms with Crippen LogP contribution in [0.1, 0.15) is 25.3 Å². The van der Waals surface area contributed by atoms with Gasteiger partial charge < -0.3 is 15.0 Å². The lowest BCUT2D eigenvalue weighted by molar-refractivity contribution is -0.132. The van der Waals surface area contributed by atoms with Crippen molar-refractivity contribution in [2.24, 2.45) is 0 Å². The lowest BCUT2D eigenvalue weighted by atomic mass is 10.0. The number of amides is 1. The highest BCUT2D eigenvalue weighted by Crippen LogP contribution is 2.16. The van der Waals surface area contributed by atoms with Crippen molar-refractivity contribution in [1.29, 1.82) is 0 Å². The maximum atomic E-state index is 12.5. The summed E-state index contributed by atoms with van der Waals surface area (Å²) in [5.41, 5.74) is 1.01. The smallest absolute Gasteiger partial charge is 0.227 e. The fraction of sp³-hybridized carbons (Fsp3) is 0.562. The van der Waals surface area contributed by atoms with Crippen LogP contribution in [0.25, 0.3) is 0 Å². The highest BCUT2D eigenvalue weighted by Gasteiger charge is 2.23. The molecule has 1 heterocycles. The molecule has 0 radical (unpaired) electrons. The summed E-state index contributed by atoms with van der Waals surface area (Å²) in [6.07, 6.45) is 2.69. The summed E-state index contributed by atoms with van der Waals surface area (Å²) in [5.74, 6) is 1.01. The van der Waals surface area contributed by atoms with Gasteiger partial charge in [0.05, 0.1) is 13.5 Å². The Balaban J connectivity index is 2.00. The number of nitrogens with zero attached hydrogens (tertiary/aromatic N) is 1. The number of piperidine rings is 1. The molecule has 1 aromatic rings. The van der Waals surface area contributed by atoms with Gasteiger partial charge in [0.2, 0.25) is 5.91 Å². The summed E-state index contributed by atoms with van der Waals surface area (Å²) in [4.78, 5) is 14.5. The molecule has 0 aromatic heterocycles. The minimum atomic E-state index is 0.203. The average Bonchev–Trinajstić information content (AvgIpc) is 2.49. The summed E-state index contributed by atoms with van der Waals surface area (Å²) in [6, 6.07) is 8.08. The quantitative estimate of drug-likeness (QED) is 0.892. The predicted octanol–water partition coefficient (Wildman–Crippen LogP) is 1.84. The van der Waals surface area contributed by atoms with Gasteiger partial charge in [0.25, 0.3) is 0 Å². The number of ether oxygens (including phenoxy) is 1. The van der Waals surface area contributed by atoms with Crippen LogP contribution >= 0.6 is 0 Å². The SMILES string of the molecule is CCN(C(=O)Cc1cccc(OC)c1)C1CCCNC1. The van der Waals surface area contributed by atoms with Crippen LogP contribution in [0, 0.1) is 0 Å². The first-order valence-corrected chi connectivity index (χ1v) is 7.37. The number of hydrogen-bond acceptors (Lipinski definition) is 3.